The van der Waals surface area contributed by atoms with Gasteiger partial charge in [-0.05, 0) is 57.3 Å². The highest BCUT2D eigenvalue weighted by Gasteiger charge is 2.33. The van der Waals surface area contributed by atoms with Gasteiger partial charge < -0.3 is 10.0 Å². The van der Waals surface area contributed by atoms with Crippen molar-refractivity contribution < 1.29 is 14.7 Å². The molecule has 1 amide bonds. The zero-order valence-corrected chi connectivity index (χ0v) is 13.6. The molecular formula is C18H24N2O3. The summed E-state index contributed by atoms with van der Waals surface area (Å²) in [7, 11) is 0. The minimum Gasteiger partial charge on any atom is -0.481 e. The predicted octanol–water partition coefficient (Wildman–Crippen LogP) is 2.15. The second kappa shape index (κ2) is 6.71. The van der Waals surface area contributed by atoms with Crippen molar-refractivity contribution in [3.63, 3.8) is 0 Å². The van der Waals surface area contributed by atoms with E-state index in [4.69, 9.17) is 5.11 Å². The fourth-order valence-corrected chi connectivity index (χ4v) is 3.68. The van der Waals surface area contributed by atoms with E-state index in [2.05, 4.69) is 11.0 Å². The molecule has 3 rings (SSSR count). The topological polar surface area (TPSA) is 60.9 Å². The summed E-state index contributed by atoms with van der Waals surface area (Å²) in [5.74, 6) is -0.844. The number of amides is 1. The summed E-state index contributed by atoms with van der Waals surface area (Å²) >= 11 is 0. The van der Waals surface area contributed by atoms with Crippen LogP contribution in [0, 0.1) is 5.92 Å². The first-order valence-corrected chi connectivity index (χ1v) is 8.44. The van der Waals surface area contributed by atoms with E-state index in [0.29, 0.717) is 25.9 Å². The smallest absolute Gasteiger partial charge is 0.306 e. The normalized spacial score (nSPS) is 20.8. The number of aryl methyl sites for hydroxylation is 1. The third-order valence-electron chi connectivity index (χ3n) is 5.16. The van der Waals surface area contributed by atoms with E-state index in [9.17, 15) is 9.59 Å². The number of piperidine rings is 1. The number of nitrogens with zero attached hydrogens (tertiary/aromatic N) is 2. The maximum Gasteiger partial charge on any atom is 0.306 e. The lowest BCUT2D eigenvalue weighted by Gasteiger charge is -2.38. The Morgan fingerprint density at radius 3 is 2.57 bits per heavy atom. The van der Waals surface area contributed by atoms with E-state index in [0.717, 1.165) is 25.1 Å². The molecule has 23 heavy (non-hydrogen) atoms. The molecule has 1 aromatic rings. The molecule has 1 atom stereocenters. The summed E-state index contributed by atoms with van der Waals surface area (Å²) in [6, 6.07) is 7.92. The highest BCUT2D eigenvalue weighted by molar-refractivity contribution is 5.98. The van der Waals surface area contributed by atoms with Gasteiger partial charge in [0, 0.05) is 12.2 Å². The molecule has 2 heterocycles. The third-order valence-corrected chi connectivity index (χ3v) is 5.16. The largest absolute Gasteiger partial charge is 0.481 e. The van der Waals surface area contributed by atoms with Crippen molar-refractivity contribution in [2.45, 2.75) is 38.6 Å². The third kappa shape index (κ3) is 3.24. The van der Waals surface area contributed by atoms with Gasteiger partial charge in [-0.3, -0.25) is 14.5 Å². The Labute approximate surface area is 136 Å². The highest BCUT2D eigenvalue weighted by atomic mass is 16.4. The van der Waals surface area contributed by atoms with Crippen LogP contribution in [0.2, 0.25) is 0 Å². The fourth-order valence-electron chi connectivity index (χ4n) is 3.68. The highest BCUT2D eigenvalue weighted by Crippen LogP contribution is 2.28. The number of para-hydroxylation sites is 1. The maximum absolute atomic E-state index is 12.9. The van der Waals surface area contributed by atoms with Crippen molar-refractivity contribution in [1.82, 2.24) is 4.90 Å². The molecule has 1 unspecified atom stereocenters. The van der Waals surface area contributed by atoms with Gasteiger partial charge in [0.2, 0.25) is 5.91 Å². The van der Waals surface area contributed by atoms with E-state index in [1.807, 2.05) is 30.0 Å². The number of benzene rings is 1. The molecule has 0 radical (unpaired) electrons. The molecule has 1 aromatic carbocycles. The van der Waals surface area contributed by atoms with Crippen molar-refractivity contribution in [2.24, 2.45) is 5.92 Å². The molecule has 0 bridgehead atoms. The molecule has 1 saturated heterocycles. The van der Waals surface area contributed by atoms with Crippen molar-refractivity contribution >= 4 is 17.6 Å². The van der Waals surface area contributed by atoms with Gasteiger partial charge in [-0.2, -0.15) is 0 Å². The molecule has 0 aromatic heterocycles. The van der Waals surface area contributed by atoms with Gasteiger partial charge >= 0.3 is 5.97 Å². The van der Waals surface area contributed by atoms with E-state index < -0.39 is 5.97 Å². The van der Waals surface area contributed by atoms with E-state index in [1.165, 1.54) is 5.56 Å². The Morgan fingerprint density at radius 2 is 1.87 bits per heavy atom. The zero-order chi connectivity index (χ0) is 16.4. The number of carboxylic acids is 1. The fraction of sp³-hybridized carbons (Fsp3) is 0.556. The van der Waals surface area contributed by atoms with Crippen LogP contribution >= 0.6 is 0 Å². The second-order valence-corrected chi connectivity index (χ2v) is 6.55. The van der Waals surface area contributed by atoms with Crippen LogP contribution in [0.5, 0.6) is 0 Å². The molecule has 0 spiro atoms. The van der Waals surface area contributed by atoms with Crippen LogP contribution < -0.4 is 4.90 Å². The van der Waals surface area contributed by atoms with Crippen molar-refractivity contribution in [3.05, 3.63) is 29.8 Å². The summed E-state index contributed by atoms with van der Waals surface area (Å²) in [6.45, 7) is 4.07. The number of carbonyl (C=O) groups is 2. The second-order valence-electron chi connectivity index (χ2n) is 6.55. The number of hydrogen-bond acceptors (Lipinski definition) is 3. The molecule has 2 aliphatic heterocycles. The number of rotatable bonds is 3. The number of anilines is 1. The first kappa shape index (κ1) is 16.0. The molecule has 124 valence electrons. The summed E-state index contributed by atoms with van der Waals surface area (Å²) in [6.07, 6.45) is 3.28. The van der Waals surface area contributed by atoms with Gasteiger partial charge in [0.1, 0.15) is 0 Å². The molecule has 1 fully saturated rings. The van der Waals surface area contributed by atoms with E-state index in [-0.39, 0.29) is 17.9 Å². The summed E-state index contributed by atoms with van der Waals surface area (Å²) < 4.78 is 0. The molecule has 2 aliphatic rings. The number of hydrogen-bond donors (Lipinski definition) is 1. The number of fused-ring (bicyclic) bond motifs is 1. The van der Waals surface area contributed by atoms with Gasteiger partial charge in [-0.25, -0.2) is 0 Å². The van der Waals surface area contributed by atoms with Gasteiger partial charge in [0.15, 0.2) is 0 Å². The zero-order valence-electron chi connectivity index (χ0n) is 13.6. The molecule has 0 aliphatic carbocycles. The Bertz CT molecular complexity index is 594. The summed E-state index contributed by atoms with van der Waals surface area (Å²) in [4.78, 5) is 28.0. The minimum absolute atomic E-state index is 0.130. The Hall–Kier alpha value is -1.88. The predicted molar refractivity (Wildman–Crippen MR) is 88.5 cm³/mol. The number of aliphatic carboxylic acids is 1. The maximum atomic E-state index is 12.9. The average molecular weight is 316 g/mol. The number of likely N-dealkylation sites (tertiary alicyclic amines) is 1. The molecule has 5 heteroatoms. The molecule has 5 nitrogen and oxygen atoms in total. The Kier molecular flexibility index (Phi) is 4.66. The molecule has 1 N–H and O–H groups in total. The monoisotopic (exact) mass is 316 g/mol. The lowest BCUT2D eigenvalue weighted by Crippen LogP contribution is -2.51. The minimum atomic E-state index is -0.714. The van der Waals surface area contributed by atoms with Gasteiger partial charge in [-0.15, -0.1) is 0 Å². The standard InChI is InChI=1S/C18H24N2O3/c1-13(19-11-8-15(9-12-19)18(22)23)17(21)20-10-4-6-14-5-2-3-7-16(14)20/h2-3,5,7,13,15H,4,6,8-12H2,1H3,(H,22,23). The lowest BCUT2D eigenvalue weighted by molar-refractivity contribution is -0.143. The van der Waals surface area contributed by atoms with Crippen LogP contribution in [0.15, 0.2) is 24.3 Å². The van der Waals surface area contributed by atoms with Crippen LogP contribution in [0.1, 0.15) is 31.7 Å². The van der Waals surface area contributed by atoms with Crippen LogP contribution in [0.3, 0.4) is 0 Å². The Morgan fingerprint density at radius 1 is 1.17 bits per heavy atom. The van der Waals surface area contributed by atoms with E-state index in [1.54, 1.807) is 0 Å². The van der Waals surface area contributed by atoms with Crippen molar-refractivity contribution in [3.8, 4) is 0 Å². The van der Waals surface area contributed by atoms with Crippen molar-refractivity contribution in [2.75, 3.05) is 24.5 Å². The summed E-state index contributed by atoms with van der Waals surface area (Å²) in [5.41, 5.74) is 2.28. The Balaban J connectivity index is 1.68. The van der Waals surface area contributed by atoms with Gasteiger partial charge in [-0.1, -0.05) is 18.2 Å². The molecule has 0 saturated carbocycles. The summed E-state index contributed by atoms with van der Waals surface area (Å²) in [5, 5.41) is 9.09. The molecular weight excluding hydrogens is 292 g/mol. The SMILES string of the molecule is CC(C(=O)N1CCCc2ccccc21)N1CCC(C(=O)O)CC1. The number of carboxylic acid groups (broad SMARTS) is 1. The van der Waals surface area contributed by atoms with Crippen LogP contribution in [-0.4, -0.2) is 47.6 Å². The van der Waals surface area contributed by atoms with Crippen LogP contribution in [0.4, 0.5) is 5.69 Å². The van der Waals surface area contributed by atoms with Gasteiger partial charge in [0.05, 0.1) is 12.0 Å². The lowest BCUT2D eigenvalue weighted by atomic mass is 9.95. The number of carbonyl (C=O) groups excluding carboxylic acids is 1. The quantitative estimate of drug-likeness (QED) is 0.928. The van der Waals surface area contributed by atoms with E-state index >= 15 is 0 Å². The van der Waals surface area contributed by atoms with Crippen LogP contribution in [-0.2, 0) is 16.0 Å². The van der Waals surface area contributed by atoms with Crippen LogP contribution in [0.25, 0.3) is 0 Å². The van der Waals surface area contributed by atoms with Gasteiger partial charge in [0.25, 0.3) is 0 Å². The average Bonchev–Trinajstić information content (AvgIpc) is 2.60. The first-order valence-electron chi connectivity index (χ1n) is 8.44. The first-order chi connectivity index (χ1) is 11.1. The van der Waals surface area contributed by atoms with Crippen molar-refractivity contribution in [1.29, 1.82) is 0 Å².